The van der Waals surface area contributed by atoms with Crippen molar-refractivity contribution in [3.05, 3.63) is 59.7 Å². The lowest BCUT2D eigenvalue weighted by molar-refractivity contribution is 0.0368. The molecule has 2 aliphatic rings. The van der Waals surface area contributed by atoms with Gasteiger partial charge >= 0.3 is 6.09 Å². The van der Waals surface area contributed by atoms with Crippen LogP contribution in [-0.4, -0.2) is 31.5 Å². The molecule has 138 valence electrons. The molecule has 0 saturated carbocycles. The molecular weight excluding hydrogens is 338 g/mol. The van der Waals surface area contributed by atoms with Crippen LogP contribution in [0, 0.1) is 12.3 Å². The average molecular weight is 361 g/mol. The quantitative estimate of drug-likeness (QED) is 0.834. The first kappa shape index (κ1) is 17.6. The molecule has 1 fully saturated rings. The summed E-state index contributed by atoms with van der Waals surface area (Å²) in [6.07, 6.45) is 7.01. The molecule has 4 nitrogen and oxygen atoms in total. The second-order valence-corrected chi connectivity index (χ2v) is 7.22. The average Bonchev–Trinajstić information content (AvgIpc) is 3.01. The normalized spacial score (nSPS) is 17.4. The van der Waals surface area contributed by atoms with E-state index in [0.29, 0.717) is 39.1 Å². The molecule has 1 saturated heterocycles. The third-order valence-corrected chi connectivity index (χ3v) is 5.60. The maximum absolute atomic E-state index is 12.5. The van der Waals surface area contributed by atoms with E-state index in [1.807, 2.05) is 24.3 Å². The van der Waals surface area contributed by atoms with Gasteiger partial charge < -0.3 is 14.8 Å². The highest BCUT2D eigenvalue weighted by Gasteiger charge is 2.35. The smallest absolute Gasteiger partial charge is 0.407 e. The molecule has 0 radical (unpaired) electrons. The first-order valence-corrected chi connectivity index (χ1v) is 9.37. The Morgan fingerprint density at radius 3 is 2.30 bits per heavy atom. The number of nitrogens with one attached hydrogen (secondary N) is 1. The number of benzene rings is 2. The maximum Gasteiger partial charge on any atom is 0.407 e. The maximum atomic E-state index is 12.5. The van der Waals surface area contributed by atoms with Crippen molar-refractivity contribution in [3.63, 3.8) is 0 Å². The summed E-state index contributed by atoms with van der Waals surface area (Å²) in [5.74, 6) is 2.74. The third-order valence-electron chi connectivity index (χ3n) is 5.60. The van der Waals surface area contributed by atoms with Crippen LogP contribution in [0.2, 0.25) is 0 Å². The van der Waals surface area contributed by atoms with Crippen molar-refractivity contribution in [2.45, 2.75) is 30.7 Å². The van der Waals surface area contributed by atoms with E-state index in [9.17, 15) is 4.79 Å². The molecule has 4 rings (SSSR count). The number of carbonyl (C=O) groups excluding carboxylic acids is 1. The van der Waals surface area contributed by atoms with E-state index in [1.165, 1.54) is 22.3 Å². The van der Waals surface area contributed by atoms with Gasteiger partial charge in [0.05, 0.1) is 5.54 Å². The van der Waals surface area contributed by atoms with Crippen LogP contribution in [-0.2, 0) is 9.47 Å². The van der Waals surface area contributed by atoms with Crippen LogP contribution >= 0.6 is 0 Å². The van der Waals surface area contributed by atoms with E-state index in [0.717, 1.165) is 0 Å². The first-order valence-electron chi connectivity index (χ1n) is 9.37. The van der Waals surface area contributed by atoms with Gasteiger partial charge in [-0.1, -0.05) is 48.5 Å². The second kappa shape index (κ2) is 7.46. The van der Waals surface area contributed by atoms with Crippen LogP contribution in [0.5, 0.6) is 0 Å². The molecule has 1 amide bonds. The number of rotatable bonds is 4. The highest BCUT2D eigenvalue weighted by atomic mass is 16.5. The highest BCUT2D eigenvalue weighted by Crippen LogP contribution is 2.44. The Labute approximate surface area is 159 Å². The predicted molar refractivity (Wildman–Crippen MR) is 104 cm³/mol. The number of ether oxygens (including phenoxy) is 2. The Morgan fingerprint density at radius 2 is 1.70 bits per heavy atom. The molecule has 0 unspecified atom stereocenters. The molecule has 4 heteroatoms. The number of amides is 1. The Kier molecular flexibility index (Phi) is 4.87. The molecule has 1 aliphatic carbocycles. The SMILES string of the molecule is C#CCC1(NC(=O)OCC2c3ccccc3-c3ccccc32)CCOCC1. The van der Waals surface area contributed by atoms with Crippen molar-refractivity contribution < 1.29 is 14.3 Å². The van der Waals surface area contributed by atoms with E-state index in [1.54, 1.807) is 0 Å². The van der Waals surface area contributed by atoms with Crippen LogP contribution in [0.1, 0.15) is 36.3 Å². The summed E-state index contributed by atoms with van der Waals surface area (Å²) in [6, 6.07) is 16.6. The standard InChI is InChI=1S/C23H23NO3/c1-2-11-23(12-14-26-15-13-23)24-22(25)27-16-21-19-9-5-3-7-17(19)18-8-4-6-10-20(18)21/h1,3-10,21H,11-16H2,(H,24,25). The lowest BCUT2D eigenvalue weighted by Gasteiger charge is -2.36. The number of terminal acetylenes is 1. The van der Waals surface area contributed by atoms with Gasteiger partial charge in [-0.15, -0.1) is 12.3 Å². The first-order chi connectivity index (χ1) is 13.2. The fourth-order valence-corrected chi connectivity index (χ4v) is 4.15. The predicted octanol–water partition coefficient (Wildman–Crippen LogP) is 4.10. The topological polar surface area (TPSA) is 47.6 Å². The van der Waals surface area contributed by atoms with Gasteiger partial charge in [0.1, 0.15) is 6.61 Å². The van der Waals surface area contributed by atoms with Gasteiger partial charge in [0.15, 0.2) is 0 Å². The number of fused-ring (bicyclic) bond motifs is 3. The zero-order chi connectivity index (χ0) is 18.7. The van der Waals surface area contributed by atoms with Crippen molar-refractivity contribution in [2.24, 2.45) is 0 Å². The molecule has 1 aliphatic heterocycles. The second-order valence-electron chi connectivity index (χ2n) is 7.22. The fourth-order valence-electron chi connectivity index (χ4n) is 4.15. The zero-order valence-electron chi connectivity index (χ0n) is 15.2. The molecule has 0 spiro atoms. The molecule has 1 N–H and O–H groups in total. The molecule has 2 aromatic carbocycles. The molecule has 27 heavy (non-hydrogen) atoms. The molecule has 0 atom stereocenters. The molecule has 1 heterocycles. The van der Waals surface area contributed by atoms with Crippen molar-refractivity contribution in [2.75, 3.05) is 19.8 Å². The minimum atomic E-state index is -0.421. The highest BCUT2D eigenvalue weighted by molar-refractivity contribution is 5.79. The van der Waals surface area contributed by atoms with E-state index >= 15 is 0 Å². The third kappa shape index (κ3) is 3.43. The number of carbonyl (C=O) groups is 1. The van der Waals surface area contributed by atoms with Gasteiger partial charge in [-0.3, -0.25) is 0 Å². The molecule has 0 bridgehead atoms. The summed E-state index contributed by atoms with van der Waals surface area (Å²) < 4.78 is 11.1. The van der Waals surface area contributed by atoms with E-state index in [4.69, 9.17) is 15.9 Å². The van der Waals surface area contributed by atoms with E-state index in [2.05, 4.69) is 35.5 Å². The summed E-state index contributed by atoms with van der Waals surface area (Å²) in [7, 11) is 0. The monoisotopic (exact) mass is 361 g/mol. The Morgan fingerprint density at radius 1 is 1.11 bits per heavy atom. The van der Waals surface area contributed by atoms with Crippen LogP contribution < -0.4 is 5.32 Å². The molecular formula is C23H23NO3. The summed E-state index contributed by atoms with van der Waals surface area (Å²) >= 11 is 0. The molecule has 2 aromatic rings. The Balaban J connectivity index is 1.47. The molecule has 0 aromatic heterocycles. The van der Waals surface area contributed by atoms with Gasteiger partial charge in [-0.05, 0) is 35.1 Å². The van der Waals surface area contributed by atoms with Gasteiger partial charge in [0.2, 0.25) is 0 Å². The van der Waals surface area contributed by atoms with E-state index in [-0.39, 0.29) is 5.92 Å². The van der Waals surface area contributed by atoms with Crippen molar-refractivity contribution in [1.82, 2.24) is 5.32 Å². The Hall–Kier alpha value is -2.77. The number of alkyl carbamates (subject to hydrolysis) is 1. The van der Waals surface area contributed by atoms with Crippen molar-refractivity contribution in [1.29, 1.82) is 0 Å². The van der Waals surface area contributed by atoms with Crippen LogP contribution in [0.3, 0.4) is 0 Å². The van der Waals surface area contributed by atoms with Crippen LogP contribution in [0.25, 0.3) is 11.1 Å². The van der Waals surface area contributed by atoms with Gasteiger partial charge in [-0.2, -0.15) is 0 Å². The van der Waals surface area contributed by atoms with Crippen LogP contribution in [0.15, 0.2) is 48.5 Å². The summed E-state index contributed by atoms with van der Waals surface area (Å²) in [4.78, 5) is 12.5. The van der Waals surface area contributed by atoms with E-state index < -0.39 is 11.6 Å². The van der Waals surface area contributed by atoms with Crippen molar-refractivity contribution in [3.8, 4) is 23.5 Å². The number of hydrogen-bond donors (Lipinski definition) is 1. The fraction of sp³-hybridized carbons (Fsp3) is 0.348. The lowest BCUT2D eigenvalue weighted by atomic mass is 9.87. The largest absolute Gasteiger partial charge is 0.449 e. The van der Waals surface area contributed by atoms with Crippen molar-refractivity contribution >= 4 is 6.09 Å². The summed E-state index contributed by atoms with van der Waals surface area (Å²) in [6.45, 7) is 1.51. The van der Waals surface area contributed by atoms with Gasteiger partial charge in [0, 0.05) is 25.6 Å². The van der Waals surface area contributed by atoms with Gasteiger partial charge in [-0.25, -0.2) is 4.79 Å². The lowest BCUT2D eigenvalue weighted by Crippen LogP contribution is -2.52. The number of hydrogen-bond acceptors (Lipinski definition) is 3. The minimum Gasteiger partial charge on any atom is -0.449 e. The summed E-state index contributed by atoms with van der Waals surface area (Å²) in [5, 5.41) is 3.02. The van der Waals surface area contributed by atoms with Gasteiger partial charge in [0.25, 0.3) is 0 Å². The van der Waals surface area contributed by atoms with Crippen LogP contribution in [0.4, 0.5) is 4.79 Å². The summed E-state index contributed by atoms with van der Waals surface area (Å²) in [5.41, 5.74) is 4.42. The Bertz CT molecular complexity index is 832. The minimum absolute atomic E-state index is 0.0569. The zero-order valence-corrected chi connectivity index (χ0v) is 15.2.